The Bertz CT molecular complexity index is 835. The molecule has 0 amide bonds. The molecule has 7 heteroatoms. The number of nitrogens with one attached hydrogen (secondary N) is 2. The van der Waals surface area contributed by atoms with Crippen LogP contribution in [0, 0.1) is 5.82 Å². The van der Waals surface area contributed by atoms with E-state index in [1.54, 1.807) is 12.1 Å². The Kier molecular flexibility index (Phi) is 4.13. The smallest absolute Gasteiger partial charge is 0.245 e. The summed E-state index contributed by atoms with van der Waals surface area (Å²) in [5.41, 5.74) is 8.26. The summed E-state index contributed by atoms with van der Waals surface area (Å²) in [5.74, 6) is 0.854. The number of hydrogen-bond donors (Lipinski definition) is 2. The lowest BCUT2D eigenvalue weighted by molar-refractivity contribution is 0.340. The van der Waals surface area contributed by atoms with Crippen molar-refractivity contribution in [2.24, 2.45) is 0 Å². The van der Waals surface area contributed by atoms with Gasteiger partial charge in [-0.15, -0.1) is 0 Å². The number of halogens is 2. The SMILES string of the molecule is Fc1ccc(C2CC(c3nc(-c4ccc(Br)cc4)no3)NN2)cc1. The molecule has 0 aliphatic carbocycles. The van der Waals surface area contributed by atoms with Gasteiger partial charge in [0, 0.05) is 16.1 Å². The average Bonchev–Trinajstić information content (AvgIpc) is 3.25. The van der Waals surface area contributed by atoms with Crippen molar-refractivity contribution < 1.29 is 8.91 Å². The van der Waals surface area contributed by atoms with Crippen LogP contribution in [0.2, 0.25) is 0 Å². The molecule has 122 valence electrons. The molecule has 1 aliphatic heterocycles. The molecule has 4 rings (SSSR count). The molecule has 0 bridgehead atoms. The normalized spacial score (nSPS) is 20.4. The van der Waals surface area contributed by atoms with E-state index in [0.29, 0.717) is 11.7 Å². The van der Waals surface area contributed by atoms with Crippen molar-refractivity contribution in [3.8, 4) is 11.4 Å². The van der Waals surface area contributed by atoms with Crippen molar-refractivity contribution in [3.05, 3.63) is 70.3 Å². The summed E-state index contributed by atoms with van der Waals surface area (Å²) in [5, 5.41) is 4.05. The Morgan fingerprint density at radius 1 is 1.00 bits per heavy atom. The molecular weight excluding hydrogens is 375 g/mol. The van der Waals surface area contributed by atoms with E-state index in [1.807, 2.05) is 24.3 Å². The molecule has 2 aromatic carbocycles. The van der Waals surface area contributed by atoms with Crippen molar-refractivity contribution >= 4 is 15.9 Å². The molecule has 0 saturated carbocycles. The molecular formula is C17H14BrFN4O. The quantitative estimate of drug-likeness (QED) is 0.711. The van der Waals surface area contributed by atoms with Gasteiger partial charge in [-0.1, -0.05) is 33.2 Å². The zero-order chi connectivity index (χ0) is 16.5. The highest BCUT2D eigenvalue weighted by Crippen LogP contribution is 2.31. The van der Waals surface area contributed by atoms with Crippen LogP contribution in [0.25, 0.3) is 11.4 Å². The highest BCUT2D eigenvalue weighted by molar-refractivity contribution is 9.10. The molecule has 24 heavy (non-hydrogen) atoms. The monoisotopic (exact) mass is 388 g/mol. The Balaban J connectivity index is 1.49. The van der Waals surface area contributed by atoms with E-state index in [-0.39, 0.29) is 17.9 Å². The van der Waals surface area contributed by atoms with Gasteiger partial charge in [0.05, 0.1) is 0 Å². The van der Waals surface area contributed by atoms with E-state index in [4.69, 9.17) is 4.52 Å². The van der Waals surface area contributed by atoms with Crippen molar-refractivity contribution in [2.75, 3.05) is 0 Å². The predicted molar refractivity (Wildman–Crippen MR) is 90.2 cm³/mol. The fraction of sp³-hybridized carbons (Fsp3) is 0.176. The van der Waals surface area contributed by atoms with Gasteiger partial charge in [-0.3, -0.25) is 0 Å². The third-order valence-electron chi connectivity index (χ3n) is 4.02. The first-order chi connectivity index (χ1) is 11.7. The number of benzene rings is 2. The summed E-state index contributed by atoms with van der Waals surface area (Å²) in [7, 11) is 0. The van der Waals surface area contributed by atoms with Crippen LogP contribution in [0.15, 0.2) is 57.5 Å². The summed E-state index contributed by atoms with van der Waals surface area (Å²) in [4.78, 5) is 4.48. The summed E-state index contributed by atoms with van der Waals surface area (Å²) in [6.07, 6.45) is 0.744. The molecule has 1 saturated heterocycles. The van der Waals surface area contributed by atoms with Crippen molar-refractivity contribution in [1.29, 1.82) is 0 Å². The Labute approximate surface area is 146 Å². The molecule has 2 heterocycles. The second kappa shape index (κ2) is 6.43. The lowest BCUT2D eigenvalue weighted by Gasteiger charge is -2.08. The number of hydrazine groups is 1. The van der Waals surface area contributed by atoms with Gasteiger partial charge in [-0.05, 0) is 48.4 Å². The minimum Gasteiger partial charge on any atom is -0.337 e. The molecule has 0 spiro atoms. The average molecular weight is 389 g/mol. The van der Waals surface area contributed by atoms with Crippen molar-refractivity contribution in [1.82, 2.24) is 21.0 Å². The van der Waals surface area contributed by atoms with Crippen molar-refractivity contribution in [3.63, 3.8) is 0 Å². The third kappa shape index (κ3) is 3.10. The summed E-state index contributed by atoms with van der Waals surface area (Å²) < 4.78 is 19.4. The van der Waals surface area contributed by atoms with Crippen LogP contribution in [0.1, 0.15) is 30.0 Å². The van der Waals surface area contributed by atoms with Gasteiger partial charge in [0.1, 0.15) is 11.9 Å². The van der Waals surface area contributed by atoms with Gasteiger partial charge in [0.25, 0.3) is 0 Å². The highest BCUT2D eigenvalue weighted by atomic mass is 79.9. The van der Waals surface area contributed by atoms with Crippen LogP contribution in [0.5, 0.6) is 0 Å². The highest BCUT2D eigenvalue weighted by Gasteiger charge is 2.30. The summed E-state index contributed by atoms with van der Waals surface area (Å²) in [6.45, 7) is 0. The zero-order valence-corrected chi connectivity index (χ0v) is 14.1. The van der Waals surface area contributed by atoms with Crippen LogP contribution in [0.3, 0.4) is 0 Å². The van der Waals surface area contributed by atoms with Crippen LogP contribution in [0.4, 0.5) is 4.39 Å². The first-order valence-corrected chi connectivity index (χ1v) is 8.34. The van der Waals surface area contributed by atoms with E-state index in [2.05, 4.69) is 36.9 Å². The van der Waals surface area contributed by atoms with Crippen LogP contribution >= 0.6 is 15.9 Å². The standard InChI is InChI=1S/C17H14BrFN4O/c18-12-5-1-11(2-6-12)16-20-17(24-23-16)15-9-14(21-22-15)10-3-7-13(19)8-4-10/h1-8,14-15,21-22H,9H2. The molecule has 1 aliphatic rings. The third-order valence-corrected chi connectivity index (χ3v) is 4.55. The molecule has 1 fully saturated rings. The number of nitrogens with zero attached hydrogens (tertiary/aromatic N) is 2. The lowest BCUT2D eigenvalue weighted by Crippen LogP contribution is -2.26. The van der Waals surface area contributed by atoms with E-state index >= 15 is 0 Å². The van der Waals surface area contributed by atoms with Gasteiger partial charge in [-0.25, -0.2) is 15.2 Å². The van der Waals surface area contributed by atoms with E-state index in [0.717, 1.165) is 22.0 Å². The molecule has 1 aromatic heterocycles. The van der Waals surface area contributed by atoms with Crippen LogP contribution in [-0.2, 0) is 0 Å². The van der Waals surface area contributed by atoms with Crippen LogP contribution < -0.4 is 10.9 Å². The molecule has 2 N–H and O–H groups in total. The second-order valence-electron chi connectivity index (χ2n) is 5.64. The molecule has 2 unspecified atom stereocenters. The van der Waals surface area contributed by atoms with Gasteiger partial charge in [-0.2, -0.15) is 4.98 Å². The predicted octanol–water partition coefficient (Wildman–Crippen LogP) is 3.92. The van der Waals surface area contributed by atoms with Gasteiger partial charge in [0.2, 0.25) is 11.7 Å². The van der Waals surface area contributed by atoms with Gasteiger partial charge >= 0.3 is 0 Å². The fourth-order valence-electron chi connectivity index (χ4n) is 2.72. The molecule has 2 atom stereocenters. The first-order valence-electron chi connectivity index (χ1n) is 7.55. The van der Waals surface area contributed by atoms with Crippen LogP contribution in [-0.4, -0.2) is 10.1 Å². The Morgan fingerprint density at radius 3 is 2.46 bits per heavy atom. The minimum absolute atomic E-state index is 0.0682. The number of hydrogen-bond acceptors (Lipinski definition) is 5. The minimum atomic E-state index is -0.239. The maximum absolute atomic E-state index is 13.0. The first kappa shape index (κ1) is 15.4. The van der Waals surface area contributed by atoms with E-state index in [9.17, 15) is 4.39 Å². The molecule has 3 aromatic rings. The lowest BCUT2D eigenvalue weighted by atomic mass is 10.0. The summed E-state index contributed by atoms with van der Waals surface area (Å²) >= 11 is 3.40. The topological polar surface area (TPSA) is 63.0 Å². The Hall–Kier alpha value is -2.09. The van der Waals surface area contributed by atoms with Crippen molar-refractivity contribution in [2.45, 2.75) is 18.5 Å². The van der Waals surface area contributed by atoms with E-state index < -0.39 is 0 Å². The maximum atomic E-state index is 13.0. The maximum Gasteiger partial charge on any atom is 0.245 e. The number of aromatic nitrogens is 2. The van der Waals surface area contributed by atoms with Gasteiger partial charge in [0.15, 0.2) is 0 Å². The fourth-order valence-corrected chi connectivity index (χ4v) is 2.99. The largest absolute Gasteiger partial charge is 0.337 e. The number of rotatable bonds is 3. The Morgan fingerprint density at radius 2 is 1.71 bits per heavy atom. The zero-order valence-electron chi connectivity index (χ0n) is 12.5. The van der Waals surface area contributed by atoms with Gasteiger partial charge < -0.3 is 4.52 Å². The summed E-state index contributed by atoms with van der Waals surface area (Å²) in [6, 6.07) is 14.2. The second-order valence-corrected chi connectivity index (χ2v) is 6.56. The van der Waals surface area contributed by atoms with E-state index in [1.165, 1.54) is 12.1 Å². The molecule has 5 nitrogen and oxygen atoms in total. The molecule has 0 radical (unpaired) electrons.